The lowest BCUT2D eigenvalue weighted by Crippen LogP contribution is -2.23. The van der Waals surface area contributed by atoms with E-state index >= 15 is 0 Å². The first-order valence-corrected chi connectivity index (χ1v) is 3.36. The summed E-state index contributed by atoms with van der Waals surface area (Å²) in [6, 6.07) is 0. The highest BCUT2D eigenvalue weighted by atomic mass is 19.4. The van der Waals surface area contributed by atoms with Crippen LogP contribution < -0.4 is 0 Å². The number of carboxylic acids is 1. The summed E-state index contributed by atoms with van der Waals surface area (Å²) in [7, 11) is 1.14. The van der Waals surface area contributed by atoms with Crippen molar-refractivity contribution in [3.63, 3.8) is 0 Å². The van der Waals surface area contributed by atoms with E-state index in [9.17, 15) is 18.0 Å². The minimum atomic E-state index is -4.74. The van der Waals surface area contributed by atoms with Gasteiger partial charge in [-0.05, 0) is 0 Å². The fourth-order valence-corrected chi connectivity index (χ4v) is 0.633. The lowest BCUT2D eigenvalue weighted by atomic mass is 10.4. The second-order valence-electron chi connectivity index (χ2n) is 2.43. The van der Waals surface area contributed by atoms with E-state index < -0.39 is 24.4 Å². The van der Waals surface area contributed by atoms with Crippen LogP contribution in [0.5, 0.6) is 0 Å². The topological polar surface area (TPSA) is 76.8 Å². The number of halogens is 3. The molecular formula is C6H8F3N3O2. The van der Waals surface area contributed by atoms with Gasteiger partial charge < -0.3 is 10.0 Å². The van der Waals surface area contributed by atoms with Crippen LogP contribution in [0, 0.1) is 5.53 Å². The number of rotatable bonds is 4. The quantitative estimate of drug-likeness (QED) is 0.690. The van der Waals surface area contributed by atoms with Gasteiger partial charge in [-0.25, -0.2) is 5.53 Å². The van der Waals surface area contributed by atoms with Crippen molar-refractivity contribution in [2.24, 2.45) is 5.11 Å². The zero-order valence-corrected chi connectivity index (χ0v) is 7.17. The summed E-state index contributed by atoms with van der Waals surface area (Å²) < 4.78 is 35.9. The van der Waals surface area contributed by atoms with Gasteiger partial charge >= 0.3 is 12.1 Å². The van der Waals surface area contributed by atoms with Crippen molar-refractivity contribution in [2.75, 3.05) is 13.6 Å². The van der Waals surface area contributed by atoms with E-state index in [0.29, 0.717) is 6.20 Å². The summed E-state index contributed by atoms with van der Waals surface area (Å²) in [5.41, 5.74) is 4.81. The maximum absolute atomic E-state index is 12.0. The van der Waals surface area contributed by atoms with Crippen LogP contribution in [0.15, 0.2) is 17.0 Å². The number of nitrogens with zero attached hydrogens (tertiary/aromatic N) is 2. The molecule has 0 atom stereocenters. The highest BCUT2D eigenvalue weighted by Crippen LogP contribution is 2.26. The molecule has 0 aliphatic rings. The van der Waals surface area contributed by atoms with Crippen LogP contribution in [0.1, 0.15) is 0 Å². The fraction of sp³-hybridized carbons (Fsp3) is 0.500. The molecule has 0 saturated heterocycles. The van der Waals surface area contributed by atoms with Crippen LogP contribution >= 0.6 is 0 Å². The number of carbonyl (C=O) groups is 1. The monoisotopic (exact) mass is 211 g/mol. The predicted octanol–water partition coefficient (Wildman–Crippen LogP) is 1.44. The zero-order chi connectivity index (χ0) is 11.4. The number of carboxylic acid groups (broad SMARTS) is 1. The Morgan fingerprint density at radius 2 is 2.14 bits per heavy atom. The maximum atomic E-state index is 12.0. The van der Waals surface area contributed by atoms with Gasteiger partial charge in [-0.15, -0.1) is 0 Å². The van der Waals surface area contributed by atoms with Gasteiger partial charge in [0, 0.05) is 13.2 Å². The average Bonchev–Trinajstić information content (AvgIpc) is 1.96. The van der Waals surface area contributed by atoms with Gasteiger partial charge in [-0.2, -0.15) is 18.3 Å². The Morgan fingerprint density at radius 3 is 2.43 bits per heavy atom. The Balaban J connectivity index is 4.60. The van der Waals surface area contributed by atoms with E-state index in [4.69, 9.17) is 10.6 Å². The van der Waals surface area contributed by atoms with Crippen LogP contribution in [0.2, 0.25) is 0 Å². The molecule has 0 saturated carbocycles. The lowest BCUT2D eigenvalue weighted by molar-refractivity contribution is -0.137. The Labute approximate surface area is 77.3 Å². The molecule has 0 aromatic heterocycles. The number of nitrogens with one attached hydrogen (secondary N) is 1. The third kappa shape index (κ3) is 4.43. The highest BCUT2D eigenvalue weighted by Gasteiger charge is 2.34. The molecule has 0 spiro atoms. The first-order valence-electron chi connectivity index (χ1n) is 3.36. The Bertz CT molecular complexity index is 262. The van der Waals surface area contributed by atoms with Gasteiger partial charge in [0.15, 0.2) is 5.70 Å². The second-order valence-corrected chi connectivity index (χ2v) is 2.43. The number of likely N-dealkylation sites (N-methyl/N-ethyl adjacent to an activating group) is 1. The Morgan fingerprint density at radius 1 is 1.64 bits per heavy atom. The first kappa shape index (κ1) is 12.4. The smallest absolute Gasteiger partial charge is 0.436 e. The molecule has 0 fully saturated rings. The van der Waals surface area contributed by atoms with Gasteiger partial charge in [0.25, 0.3) is 0 Å². The van der Waals surface area contributed by atoms with Gasteiger partial charge in [0.1, 0.15) is 6.54 Å². The molecule has 0 unspecified atom stereocenters. The third-order valence-electron chi connectivity index (χ3n) is 1.14. The number of allylic oxidation sites excluding steroid dienone is 1. The van der Waals surface area contributed by atoms with E-state index in [1.165, 1.54) is 0 Å². The molecule has 80 valence electrons. The van der Waals surface area contributed by atoms with Crippen molar-refractivity contribution in [3.05, 3.63) is 11.9 Å². The standard InChI is InChI=1S/C6H8F3N3O2/c1-12(3-5(13)14)2-4(11-10)6(7,8)9/h2,10H,3H2,1H3,(H,13,14)/b4-2-,11-10?. The number of alkyl halides is 3. The zero-order valence-electron chi connectivity index (χ0n) is 7.17. The minimum absolute atomic E-state index is 0.459. The van der Waals surface area contributed by atoms with Gasteiger partial charge in [0.2, 0.25) is 0 Å². The van der Waals surface area contributed by atoms with Crippen molar-refractivity contribution in [1.29, 1.82) is 5.53 Å². The van der Waals surface area contributed by atoms with Crippen LogP contribution in [-0.4, -0.2) is 35.7 Å². The molecule has 14 heavy (non-hydrogen) atoms. The average molecular weight is 211 g/mol. The van der Waals surface area contributed by atoms with Gasteiger partial charge in [0.05, 0.1) is 0 Å². The van der Waals surface area contributed by atoms with Crippen molar-refractivity contribution in [3.8, 4) is 0 Å². The molecule has 0 aliphatic carbocycles. The molecule has 0 aromatic carbocycles. The molecule has 0 amide bonds. The van der Waals surface area contributed by atoms with Crippen molar-refractivity contribution >= 4 is 5.97 Å². The fourth-order valence-electron chi connectivity index (χ4n) is 0.633. The van der Waals surface area contributed by atoms with E-state index in [1.54, 1.807) is 0 Å². The maximum Gasteiger partial charge on any atom is 0.436 e. The van der Waals surface area contributed by atoms with E-state index in [1.807, 2.05) is 0 Å². The molecular weight excluding hydrogens is 203 g/mol. The molecule has 0 aliphatic heterocycles. The number of aliphatic carboxylic acids is 1. The highest BCUT2D eigenvalue weighted by molar-refractivity contribution is 5.69. The van der Waals surface area contributed by atoms with Crippen molar-refractivity contribution < 1.29 is 23.1 Å². The van der Waals surface area contributed by atoms with E-state index in [0.717, 1.165) is 11.9 Å². The molecule has 0 heterocycles. The predicted molar refractivity (Wildman–Crippen MR) is 39.6 cm³/mol. The summed E-state index contributed by atoms with van der Waals surface area (Å²) in [4.78, 5) is 10.9. The Hall–Kier alpha value is -1.60. The largest absolute Gasteiger partial charge is 0.480 e. The van der Waals surface area contributed by atoms with Crippen LogP contribution in [0.4, 0.5) is 13.2 Å². The summed E-state index contributed by atoms with van der Waals surface area (Å²) >= 11 is 0. The van der Waals surface area contributed by atoms with Crippen LogP contribution in [0.3, 0.4) is 0 Å². The minimum Gasteiger partial charge on any atom is -0.480 e. The van der Waals surface area contributed by atoms with Crippen LogP contribution in [0.25, 0.3) is 0 Å². The summed E-state index contributed by atoms with van der Waals surface area (Å²) in [6.07, 6.45) is -4.28. The second kappa shape index (κ2) is 4.58. The Kier molecular flexibility index (Phi) is 4.06. The van der Waals surface area contributed by atoms with Gasteiger partial charge in [-0.3, -0.25) is 4.79 Å². The molecule has 8 heteroatoms. The molecule has 0 bridgehead atoms. The summed E-state index contributed by atoms with van der Waals surface area (Å²) in [5.74, 6) is -1.27. The normalized spacial score (nSPS) is 12.4. The molecule has 0 rings (SSSR count). The first-order chi connectivity index (χ1) is 6.27. The molecule has 0 aromatic rings. The van der Waals surface area contributed by atoms with E-state index in [-0.39, 0.29) is 0 Å². The van der Waals surface area contributed by atoms with E-state index in [2.05, 4.69) is 5.11 Å². The van der Waals surface area contributed by atoms with Crippen LogP contribution in [-0.2, 0) is 4.79 Å². The molecule has 2 N–H and O–H groups in total. The molecule has 5 nitrogen and oxygen atoms in total. The lowest BCUT2D eigenvalue weighted by Gasteiger charge is -2.13. The number of hydrogen-bond acceptors (Lipinski definition) is 4. The van der Waals surface area contributed by atoms with Crippen molar-refractivity contribution in [2.45, 2.75) is 6.18 Å². The summed E-state index contributed by atoms with van der Waals surface area (Å²) in [5, 5.41) is 10.5. The SMILES string of the molecule is CN(/C=C(\N=N)C(F)(F)F)CC(=O)O. The summed E-state index contributed by atoms with van der Waals surface area (Å²) in [6.45, 7) is -0.588. The molecule has 0 radical (unpaired) electrons. The van der Waals surface area contributed by atoms with Gasteiger partial charge in [-0.1, -0.05) is 0 Å². The number of hydrogen-bond donors (Lipinski definition) is 2. The van der Waals surface area contributed by atoms with Crippen molar-refractivity contribution in [1.82, 2.24) is 4.90 Å². The third-order valence-corrected chi connectivity index (χ3v) is 1.14.